The molecule has 5 nitrogen and oxygen atoms in total. The van der Waals surface area contributed by atoms with Crippen molar-refractivity contribution in [2.75, 3.05) is 0 Å². The van der Waals surface area contributed by atoms with Gasteiger partial charge >= 0.3 is 0 Å². The predicted molar refractivity (Wildman–Crippen MR) is 85.4 cm³/mol. The van der Waals surface area contributed by atoms with Gasteiger partial charge in [-0.2, -0.15) is 0 Å². The third-order valence-electron chi connectivity index (χ3n) is 3.91. The van der Waals surface area contributed by atoms with Crippen LogP contribution in [0.4, 0.5) is 0 Å². The van der Waals surface area contributed by atoms with Crippen molar-refractivity contribution in [2.45, 2.75) is 13.5 Å². The van der Waals surface area contributed by atoms with Crippen molar-refractivity contribution in [1.29, 1.82) is 0 Å². The maximum atomic E-state index is 12.4. The molecule has 0 aliphatic heterocycles. The van der Waals surface area contributed by atoms with Crippen LogP contribution in [0.1, 0.15) is 11.3 Å². The fourth-order valence-corrected chi connectivity index (χ4v) is 2.57. The van der Waals surface area contributed by atoms with Crippen LogP contribution in [0.5, 0.6) is 5.75 Å². The number of nitrogens with zero attached hydrogens (tertiary/aromatic N) is 2. The second-order valence-electron chi connectivity index (χ2n) is 5.35. The fourth-order valence-electron chi connectivity index (χ4n) is 2.57. The van der Waals surface area contributed by atoms with Crippen LogP contribution in [-0.4, -0.2) is 14.2 Å². The van der Waals surface area contributed by atoms with Gasteiger partial charge in [0.2, 0.25) is 0 Å². The molecule has 22 heavy (non-hydrogen) atoms. The van der Waals surface area contributed by atoms with Crippen LogP contribution >= 0.6 is 0 Å². The molecule has 112 valence electrons. The number of hydrogen-bond acceptors (Lipinski definition) is 3. The molecular formula is C17H16N2O3. The molecule has 1 aromatic carbocycles. The first-order chi connectivity index (χ1) is 10.5. The van der Waals surface area contributed by atoms with Crippen molar-refractivity contribution in [3.63, 3.8) is 0 Å². The van der Waals surface area contributed by atoms with Crippen LogP contribution in [0.3, 0.4) is 0 Å². The molecule has 0 atom stereocenters. The highest BCUT2D eigenvalue weighted by Gasteiger charge is 2.14. The molecule has 1 N–H and O–H groups in total. The molecule has 0 unspecified atom stereocenters. The normalized spacial score (nSPS) is 11.0. The maximum Gasteiger partial charge on any atom is 0.263 e. The van der Waals surface area contributed by atoms with E-state index < -0.39 is 0 Å². The zero-order chi connectivity index (χ0) is 15.9. The van der Waals surface area contributed by atoms with E-state index in [0.29, 0.717) is 12.1 Å². The third kappa shape index (κ3) is 2.20. The molecule has 0 fully saturated rings. The summed E-state index contributed by atoms with van der Waals surface area (Å²) in [5.41, 5.74) is 1.49. The molecule has 3 aromatic rings. The van der Waals surface area contributed by atoms with E-state index >= 15 is 0 Å². The maximum absolute atomic E-state index is 12.4. The van der Waals surface area contributed by atoms with Crippen LogP contribution in [0.25, 0.3) is 10.9 Å². The van der Waals surface area contributed by atoms with Crippen LogP contribution in [-0.2, 0) is 13.6 Å². The SMILES string of the molecule is Cc1cc2c(c(O)cc(=O)n2Cc2ccccc2)c(=O)n1C. The van der Waals surface area contributed by atoms with E-state index in [1.807, 2.05) is 30.3 Å². The molecule has 0 saturated carbocycles. The van der Waals surface area contributed by atoms with Gasteiger partial charge < -0.3 is 14.2 Å². The third-order valence-corrected chi connectivity index (χ3v) is 3.91. The van der Waals surface area contributed by atoms with E-state index in [1.165, 1.54) is 9.13 Å². The van der Waals surface area contributed by atoms with Crippen molar-refractivity contribution < 1.29 is 5.11 Å². The molecule has 0 radical (unpaired) electrons. The lowest BCUT2D eigenvalue weighted by Crippen LogP contribution is -2.26. The second kappa shape index (κ2) is 5.18. The van der Waals surface area contributed by atoms with Gasteiger partial charge in [-0.15, -0.1) is 0 Å². The van der Waals surface area contributed by atoms with E-state index in [9.17, 15) is 14.7 Å². The highest BCUT2D eigenvalue weighted by atomic mass is 16.3. The second-order valence-corrected chi connectivity index (χ2v) is 5.35. The minimum absolute atomic E-state index is 0.170. The number of aryl methyl sites for hydroxylation is 1. The van der Waals surface area contributed by atoms with Gasteiger partial charge in [0.15, 0.2) is 0 Å². The topological polar surface area (TPSA) is 64.2 Å². The molecule has 3 rings (SSSR count). The summed E-state index contributed by atoms with van der Waals surface area (Å²) in [7, 11) is 1.64. The number of hydrogen-bond donors (Lipinski definition) is 1. The van der Waals surface area contributed by atoms with E-state index in [4.69, 9.17) is 0 Å². The minimum atomic E-state index is -0.332. The quantitative estimate of drug-likeness (QED) is 0.784. The summed E-state index contributed by atoms with van der Waals surface area (Å²) in [5, 5.41) is 10.2. The van der Waals surface area contributed by atoms with Gasteiger partial charge in [-0.25, -0.2) is 0 Å². The van der Waals surface area contributed by atoms with Gasteiger partial charge in [0, 0.05) is 18.8 Å². The Morgan fingerprint density at radius 2 is 1.77 bits per heavy atom. The number of benzene rings is 1. The minimum Gasteiger partial charge on any atom is -0.507 e. The summed E-state index contributed by atoms with van der Waals surface area (Å²) < 4.78 is 2.97. The highest BCUT2D eigenvalue weighted by molar-refractivity contribution is 5.84. The van der Waals surface area contributed by atoms with Gasteiger partial charge in [-0.3, -0.25) is 9.59 Å². The van der Waals surface area contributed by atoms with Crippen LogP contribution in [0.2, 0.25) is 0 Å². The van der Waals surface area contributed by atoms with Gasteiger partial charge in [-0.05, 0) is 18.6 Å². The molecule has 5 heteroatoms. The molecule has 0 bridgehead atoms. The Morgan fingerprint density at radius 1 is 1.09 bits per heavy atom. The number of rotatable bonds is 2. The lowest BCUT2D eigenvalue weighted by molar-refractivity contribution is 0.478. The Kier molecular flexibility index (Phi) is 3.33. The van der Waals surface area contributed by atoms with Crippen molar-refractivity contribution in [2.24, 2.45) is 7.05 Å². The van der Waals surface area contributed by atoms with Gasteiger partial charge in [-0.1, -0.05) is 30.3 Å². The Bertz CT molecular complexity index is 969. The molecular weight excluding hydrogens is 280 g/mol. The molecule has 0 spiro atoms. The van der Waals surface area contributed by atoms with Crippen LogP contribution in [0.15, 0.2) is 52.1 Å². The summed E-state index contributed by atoms with van der Waals surface area (Å²) in [4.78, 5) is 24.6. The lowest BCUT2D eigenvalue weighted by atomic mass is 10.1. The Hall–Kier alpha value is -2.82. The molecule has 2 aromatic heterocycles. The van der Waals surface area contributed by atoms with Crippen molar-refractivity contribution in [3.8, 4) is 5.75 Å². The lowest BCUT2D eigenvalue weighted by Gasteiger charge is -2.13. The number of pyridine rings is 2. The Balaban J connectivity index is 2.35. The first-order valence-electron chi connectivity index (χ1n) is 6.96. The zero-order valence-electron chi connectivity index (χ0n) is 12.4. The van der Waals surface area contributed by atoms with Crippen LogP contribution in [0, 0.1) is 6.92 Å². The van der Waals surface area contributed by atoms with Gasteiger partial charge in [0.25, 0.3) is 11.1 Å². The van der Waals surface area contributed by atoms with E-state index in [0.717, 1.165) is 17.3 Å². The van der Waals surface area contributed by atoms with Crippen molar-refractivity contribution in [3.05, 3.63) is 74.4 Å². The summed E-state index contributed by atoms with van der Waals surface area (Å²) in [6.45, 7) is 2.14. The molecule has 0 saturated heterocycles. The average molecular weight is 296 g/mol. The van der Waals surface area contributed by atoms with E-state index in [-0.39, 0.29) is 22.3 Å². The number of fused-ring (bicyclic) bond motifs is 1. The smallest absolute Gasteiger partial charge is 0.263 e. The zero-order valence-corrected chi connectivity index (χ0v) is 12.4. The van der Waals surface area contributed by atoms with Crippen LogP contribution < -0.4 is 11.1 Å². The van der Waals surface area contributed by atoms with E-state index in [1.54, 1.807) is 20.0 Å². The summed E-state index contributed by atoms with van der Waals surface area (Å²) in [6.07, 6.45) is 0. The average Bonchev–Trinajstić information content (AvgIpc) is 2.49. The first-order valence-corrected chi connectivity index (χ1v) is 6.96. The summed E-state index contributed by atoms with van der Waals surface area (Å²) >= 11 is 0. The molecule has 0 amide bonds. The largest absolute Gasteiger partial charge is 0.507 e. The molecule has 0 aliphatic rings. The number of aromatic nitrogens is 2. The van der Waals surface area contributed by atoms with Crippen molar-refractivity contribution >= 4 is 10.9 Å². The summed E-state index contributed by atoms with van der Waals surface area (Å²) in [5.74, 6) is -0.273. The highest BCUT2D eigenvalue weighted by Crippen LogP contribution is 2.20. The fraction of sp³-hybridized carbons (Fsp3) is 0.176. The van der Waals surface area contributed by atoms with Crippen molar-refractivity contribution in [1.82, 2.24) is 9.13 Å². The molecule has 0 aliphatic carbocycles. The standard InChI is InChI=1S/C17H16N2O3/c1-11-8-13-16(17(22)18(11)2)14(20)9-15(21)19(13)10-12-6-4-3-5-7-12/h3-9,20H,10H2,1-2H3. The number of aromatic hydroxyl groups is 1. The molecule has 2 heterocycles. The van der Waals surface area contributed by atoms with Gasteiger partial charge in [0.05, 0.1) is 12.1 Å². The Morgan fingerprint density at radius 3 is 2.45 bits per heavy atom. The van der Waals surface area contributed by atoms with Gasteiger partial charge in [0.1, 0.15) is 11.1 Å². The van der Waals surface area contributed by atoms with E-state index in [2.05, 4.69) is 0 Å². The summed E-state index contributed by atoms with van der Waals surface area (Å²) in [6, 6.07) is 12.4. The monoisotopic (exact) mass is 296 g/mol. The predicted octanol–water partition coefficient (Wildman–Crippen LogP) is 1.76. The Labute approximate surface area is 126 Å². The first kappa shape index (κ1) is 14.1.